The third-order valence-corrected chi connectivity index (χ3v) is 4.35. The molecule has 1 aliphatic carbocycles. The Morgan fingerprint density at radius 1 is 1.40 bits per heavy atom. The van der Waals surface area contributed by atoms with Gasteiger partial charge < -0.3 is 5.73 Å². The molecule has 0 spiro atoms. The zero-order valence-electron chi connectivity index (χ0n) is 10.4. The first-order chi connectivity index (χ1) is 7.05. The largest absolute Gasteiger partial charge is 0.369 e. The van der Waals surface area contributed by atoms with Gasteiger partial charge in [-0.1, -0.05) is 46.5 Å². The number of carbonyl (C=O) groups is 1. The Bertz CT molecular complexity index is 225. The molecule has 2 heteroatoms. The van der Waals surface area contributed by atoms with E-state index in [-0.39, 0.29) is 11.3 Å². The molecule has 0 aromatic heterocycles. The van der Waals surface area contributed by atoms with E-state index in [2.05, 4.69) is 20.8 Å². The second kappa shape index (κ2) is 5.00. The maximum absolute atomic E-state index is 11.9. The van der Waals surface area contributed by atoms with Crippen LogP contribution in [0.4, 0.5) is 0 Å². The topological polar surface area (TPSA) is 43.1 Å². The minimum absolute atomic E-state index is 0.0637. The highest BCUT2D eigenvalue weighted by atomic mass is 16.1. The van der Waals surface area contributed by atoms with E-state index in [1.165, 1.54) is 19.3 Å². The van der Waals surface area contributed by atoms with Gasteiger partial charge in [0.1, 0.15) is 0 Å². The highest BCUT2D eigenvalue weighted by molar-refractivity contribution is 5.81. The summed E-state index contributed by atoms with van der Waals surface area (Å²) < 4.78 is 0. The van der Waals surface area contributed by atoms with E-state index in [1.54, 1.807) is 0 Å². The molecular weight excluding hydrogens is 186 g/mol. The Balaban J connectivity index is 3.02. The van der Waals surface area contributed by atoms with Crippen LogP contribution in [0.25, 0.3) is 0 Å². The van der Waals surface area contributed by atoms with Crippen LogP contribution < -0.4 is 5.73 Å². The summed E-state index contributed by atoms with van der Waals surface area (Å²) in [5.74, 6) is 0.807. The number of nitrogens with two attached hydrogens (primary N) is 1. The minimum atomic E-state index is -0.231. The molecule has 1 fully saturated rings. The van der Waals surface area contributed by atoms with Crippen LogP contribution in [0.2, 0.25) is 0 Å². The molecule has 2 N–H and O–H groups in total. The molecule has 1 aliphatic rings. The summed E-state index contributed by atoms with van der Waals surface area (Å²) in [6.07, 6.45) is 6.95. The van der Waals surface area contributed by atoms with Crippen LogP contribution in [0.15, 0.2) is 0 Å². The lowest BCUT2D eigenvalue weighted by atomic mass is 9.63. The molecule has 1 amide bonds. The lowest BCUT2D eigenvalue weighted by molar-refractivity contribution is -0.135. The second-order valence-corrected chi connectivity index (χ2v) is 5.26. The van der Waals surface area contributed by atoms with Gasteiger partial charge in [0.25, 0.3) is 0 Å². The number of hydrogen-bond donors (Lipinski definition) is 1. The average Bonchev–Trinajstić information content (AvgIpc) is 2.39. The van der Waals surface area contributed by atoms with Crippen molar-refractivity contribution in [1.29, 1.82) is 0 Å². The van der Waals surface area contributed by atoms with Gasteiger partial charge in [-0.15, -0.1) is 0 Å². The molecular formula is C13H25NO. The van der Waals surface area contributed by atoms with Crippen molar-refractivity contribution in [1.82, 2.24) is 0 Å². The summed E-state index contributed by atoms with van der Waals surface area (Å²) in [4.78, 5) is 11.9. The first-order valence-corrected chi connectivity index (χ1v) is 6.35. The lowest BCUT2D eigenvalue weighted by Gasteiger charge is -2.40. The van der Waals surface area contributed by atoms with Crippen molar-refractivity contribution in [3.63, 3.8) is 0 Å². The van der Waals surface area contributed by atoms with Crippen molar-refractivity contribution < 1.29 is 4.79 Å². The maximum atomic E-state index is 11.9. The summed E-state index contributed by atoms with van der Waals surface area (Å²) in [5, 5.41) is 0. The van der Waals surface area contributed by atoms with Crippen molar-refractivity contribution in [3.05, 3.63) is 0 Å². The molecule has 1 saturated carbocycles. The molecule has 0 aliphatic heterocycles. The van der Waals surface area contributed by atoms with Crippen LogP contribution in [-0.4, -0.2) is 5.91 Å². The van der Waals surface area contributed by atoms with Crippen molar-refractivity contribution >= 4 is 5.91 Å². The molecule has 2 unspecified atom stereocenters. The summed E-state index contributed by atoms with van der Waals surface area (Å²) in [7, 11) is 0. The van der Waals surface area contributed by atoms with E-state index in [4.69, 9.17) is 5.73 Å². The number of primary amides is 1. The third kappa shape index (κ3) is 2.19. The van der Waals surface area contributed by atoms with Crippen LogP contribution in [0.5, 0.6) is 0 Å². The molecule has 0 radical (unpaired) electrons. The number of rotatable bonds is 3. The average molecular weight is 211 g/mol. The molecule has 0 aromatic carbocycles. The summed E-state index contributed by atoms with van der Waals surface area (Å²) in [6, 6.07) is 0. The third-order valence-electron chi connectivity index (χ3n) is 4.35. The van der Waals surface area contributed by atoms with E-state index < -0.39 is 0 Å². The highest BCUT2D eigenvalue weighted by Gasteiger charge is 2.45. The first kappa shape index (κ1) is 12.5. The van der Waals surface area contributed by atoms with E-state index >= 15 is 0 Å². The van der Waals surface area contributed by atoms with Crippen molar-refractivity contribution in [2.45, 2.75) is 59.3 Å². The fourth-order valence-corrected chi connectivity index (χ4v) is 3.38. The predicted octanol–water partition coefficient (Wildman–Crippen LogP) is 3.10. The van der Waals surface area contributed by atoms with Gasteiger partial charge in [-0.2, -0.15) is 0 Å². The van der Waals surface area contributed by atoms with Gasteiger partial charge in [0.2, 0.25) is 5.91 Å². The molecule has 0 saturated heterocycles. The standard InChI is InChI=1S/C13H25NO/c1-4-11-8-6-5-7-9-13(11,10(2)3)12(14)15/h10-11H,4-9H2,1-3H3,(H2,14,15). The summed E-state index contributed by atoms with van der Waals surface area (Å²) in [5.41, 5.74) is 5.47. The SMILES string of the molecule is CCC1CCCCCC1(C(N)=O)C(C)C. The van der Waals surface area contributed by atoms with Crippen LogP contribution >= 0.6 is 0 Å². The molecule has 1 rings (SSSR count). The van der Waals surface area contributed by atoms with Gasteiger partial charge in [0, 0.05) is 0 Å². The van der Waals surface area contributed by atoms with Gasteiger partial charge in [-0.25, -0.2) is 0 Å². The van der Waals surface area contributed by atoms with Crippen molar-refractivity contribution in [3.8, 4) is 0 Å². The highest BCUT2D eigenvalue weighted by Crippen LogP contribution is 2.46. The predicted molar refractivity (Wildman–Crippen MR) is 63.3 cm³/mol. The minimum Gasteiger partial charge on any atom is -0.369 e. The van der Waals surface area contributed by atoms with Crippen molar-refractivity contribution in [2.75, 3.05) is 0 Å². The fourth-order valence-electron chi connectivity index (χ4n) is 3.38. The van der Waals surface area contributed by atoms with E-state index in [0.29, 0.717) is 11.8 Å². The quantitative estimate of drug-likeness (QED) is 0.716. The molecule has 0 aromatic rings. The summed E-state index contributed by atoms with van der Waals surface area (Å²) >= 11 is 0. The molecule has 2 atom stereocenters. The van der Waals surface area contributed by atoms with Gasteiger partial charge in [-0.05, 0) is 24.7 Å². The first-order valence-electron chi connectivity index (χ1n) is 6.35. The van der Waals surface area contributed by atoms with E-state index in [1.807, 2.05) is 0 Å². The lowest BCUT2D eigenvalue weighted by Crippen LogP contribution is -2.46. The zero-order valence-corrected chi connectivity index (χ0v) is 10.4. The zero-order chi connectivity index (χ0) is 11.5. The monoisotopic (exact) mass is 211 g/mol. The van der Waals surface area contributed by atoms with Gasteiger partial charge >= 0.3 is 0 Å². The van der Waals surface area contributed by atoms with E-state index in [0.717, 1.165) is 19.3 Å². The van der Waals surface area contributed by atoms with Gasteiger partial charge in [0.05, 0.1) is 5.41 Å². The number of hydrogen-bond acceptors (Lipinski definition) is 1. The Morgan fingerprint density at radius 3 is 2.53 bits per heavy atom. The second-order valence-electron chi connectivity index (χ2n) is 5.26. The summed E-state index contributed by atoms with van der Waals surface area (Å²) in [6.45, 7) is 6.49. The normalized spacial score (nSPS) is 32.7. The molecule has 2 nitrogen and oxygen atoms in total. The van der Waals surface area contributed by atoms with E-state index in [9.17, 15) is 4.79 Å². The molecule has 0 heterocycles. The van der Waals surface area contributed by atoms with Crippen LogP contribution in [0, 0.1) is 17.3 Å². The van der Waals surface area contributed by atoms with Crippen molar-refractivity contribution in [2.24, 2.45) is 23.0 Å². The Labute approximate surface area is 93.6 Å². The number of amides is 1. The molecule has 88 valence electrons. The van der Waals surface area contributed by atoms with Crippen LogP contribution in [0.1, 0.15) is 59.3 Å². The van der Waals surface area contributed by atoms with Gasteiger partial charge in [-0.3, -0.25) is 4.79 Å². The fraction of sp³-hybridized carbons (Fsp3) is 0.923. The van der Waals surface area contributed by atoms with Gasteiger partial charge in [0.15, 0.2) is 0 Å². The van der Waals surface area contributed by atoms with Crippen LogP contribution in [-0.2, 0) is 4.79 Å². The van der Waals surface area contributed by atoms with Crippen LogP contribution in [0.3, 0.4) is 0 Å². The maximum Gasteiger partial charge on any atom is 0.224 e. The smallest absolute Gasteiger partial charge is 0.224 e. The Kier molecular flexibility index (Phi) is 4.18. The Hall–Kier alpha value is -0.530. The molecule has 0 bridgehead atoms. The molecule has 15 heavy (non-hydrogen) atoms. The Morgan fingerprint density at radius 2 is 2.07 bits per heavy atom. The number of carbonyl (C=O) groups excluding carboxylic acids is 1.